The fourth-order valence-electron chi connectivity index (χ4n) is 3.87. The van der Waals surface area contributed by atoms with Crippen LogP contribution in [0.5, 0.6) is 0 Å². The predicted molar refractivity (Wildman–Crippen MR) is 126 cm³/mol. The van der Waals surface area contributed by atoms with Crippen molar-refractivity contribution in [2.45, 2.75) is 6.54 Å². The lowest BCUT2D eigenvalue weighted by Gasteiger charge is -2.16. The molecule has 156 valence electrons. The molecule has 4 aromatic rings. The number of pyridine rings is 1. The molecule has 0 aliphatic carbocycles. The number of carbonyl (C=O) groups excluding carboxylic acids is 2. The van der Waals surface area contributed by atoms with Gasteiger partial charge in [0.1, 0.15) is 0 Å². The lowest BCUT2D eigenvalue weighted by atomic mass is 9.98. The molecule has 3 aromatic carbocycles. The van der Waals surface area contributed by atoms with Crippen molar-refractivity contribution in [3.63, 3.8) is 0 Å². The number of halogens is 2. The van der Waals surface area contributed by atoms with Gasteiger partial charge in [-0.15, -0.1) is 0 Å². The van der Waals surface area contributed by atoms with E-state index >= 15 is 0 Å². The topological polar surface area (TPSA) is 50.3 Å². The summed E-state index contributed by atoms with van der Waals surface area (Å²) >= 11 is 12.3. The van der Waals surface area contributed by atoms with E-state index in [0.29, 0.717) is 21.2 Å². The number of fused-ring (bicyclic) bond motifs is 1. The van der Waals surface area contributed by atoms with E-state index in [9.17, 15) is 9.59 Å². The van der Waals surface area contributed by atoms with E-state index in [0.717, 1.165) is 27.9 Å². The normalized spacial score (nSPS) is 12.9. The van der Waals surface area contributed by atoms with Gasteiger partial charge in [0.05, 0.1) is 23.4 Å². The van der Waals surface area contributed by atoms with Crippen molar-refractivity contribution in [1.82, 2.24) is 9.88 Å². The fourth-order valence-corrected chi connectivity index (χ4v) is 4.19. The molecular formula is C26H16Cl2N2O2. The molecule has 0 fully saturated rings. The summed E-state index contributed by atoms with van der Waals surface area (Å²) < 4.78 is 0. The Morgan fingerprint density at radius 2 is 1.38 bits per heavy atom. The van der Waals surface area contributed by atoms with Crippen molar-refractivity contribution in [2.75, 3.05) is 0 Å². The van der Waals surface area contributed by atoms with Crippen LogP contribution in [0.25, 0.3) is 22.4 Å². The molecule has 0 spiro atoms. The molecule has 0 saturated heterocycles. The summed E-state index contributed by atoms with van der Waals surface area (Å²) in [5, 5.41) is 1.25. The van der Waals surface area contributed by atoms with Crippen LogP contribution >= 0.6 is 23.2 Å². The van der Waals surface area contributed by atoms with Crippen LogP contribution in [0.15, 0.2) is 85.1 Å². The first-order valence-corrected chi connectivity index (χ1v) is 10.7. The zero-order valence-electron chi connectivity index (χ0n) is 16.8. The molecule has 2 heterocycles. The van der Waals surface area contributed by atoms with Gasteiger partial charge < -0.3 is 0 Å². The number of hydrogen-bond acceptors (Lipinski definition) is 3. The third-order valence-electron chi connectivity index (χ3n) is 5.42. The maximum atomic E-state index is 12.8. The predicted octanol–water partition coefficient (Wildman–Crippen LogP) is 6.52. The average molecular weight is 459 g/mol. The van der Waals surface area contributed by atoms with E-state index in [-0.39, 0.29) is 18.4 Å². The maximum Gasteiger partial charge on any atom is 0.261 e. The second-order valence-electron chi connectivity index (χ2n) is 7.50. The largest absolute Gasteiger partial charge is 0.270 e. The number of hydrogen-bond donors (Lipinski definition) is 0. The number of rotatable bonds is 4. The van der Waals surface area contributed by atoms with Crippen LogP contribution < -0.4 is 0 Å². The van der Waals surface area contributed by atoms with Gasteiger partial charge in [0.15, 0.2) is 0 Å². The summed E-state index contributed by atoms with van der Waals surface area (Å²) in [5.74, 6) is -0.589. The Labute approximate surface area is 195 Å². The first kappa shape index (κ1) is 20.4. The summed E-state index contributed by atoms with van der Waals surface area (Å²) in [6, 6.07) is 23.8. The highest BCUT2D eigenvalue weighted by molar-refractivity contribution is 6.31. The SMILES string of the molecule is O=C1c2ccccc2C(=O)N1Cc1cnc(-c2ccc(Cl)cc2)c(-c2cccc(Cl)c2)c1. The van der Waals surface area contributed by atoms with Gasteiger partial charge in [0, 0.05) is 27.4 Å². The summed E-state index contributed by atoms with van der Waals surface area (Å²) in [7, 11) is 0. The van der Waals surface area contributed by atoms with Crippen LogP contribution in [-0.4, -0.2) is 21.7 Å². The molecule has 0 unspecified atom stereocenters. The van der Waals surface area contributed by atoms with E-state index in [1.807, 2.05) is 54.6 Å². The minimum absolute atomic E-state index is 0.133. The Bertz CT molecular complexity index is 1330. The molecule has 32 heavy (non-hydrogen) atoms. The van der Waals surface area contributed by atoms with E-state index in [1.54, 1.807) is 30.5 Å². The number of nitrogens with zero attached hydrogens (tertiary/aromatic N) is 2. The first-order chi connectivity index (χ1) is 15.5. The second-order valence-corrected chi connectivity index (χ2v) is 8.37. The molecule has 1 aromatic heterocycles. The highest BCUT2D eigenvalue weighted by Gasteiger charge is 2.35. The zero-order valence-corrected chi connectivity index (χ0v) is 18.3. The van der Waals surface area contributed by atoms with Crippen LogP contribution in [0, 0.1) is 0 Å². The third-order valence-corrected chi connectivity index (χ3v) is 5.90. The van der Waals surface area contributed by atoms with E-state index < -0.39 is 0 Å². The van der Waals surface area contributed by atoms with E-state index in [2.05, 4.69) is 0 Å². The van der Waals surface area contributed by atoms with Gasteiger partial charge in [0.2, 0.25) is 0 Å². The fraction of sp³-hybridized carbons (Fsp3) is 0.0385. The number of benzene rings is 3. The lowest BCUT2D eigenvalue weighted by molar-refractivity contribution is 0.0642. The van der Waals surface area contributed by atoms with Crippen LogP contribution in [0.4, 0.5) is 0 Å². The summed E-state index contributed by atoms with van der Waals surface area (Å²) in [6.45, 7) is 0.133. The summed E-state index contributed by atoms with van der Waals surface area (Å²) in [6.07, 6.45) is 1.70. The monoisotopic (exact) mass is 458 g/mol. The van der Waals surface area contributed by atoms with Gasteiger partial charge in [0.25, 0.3) is 11.8 Å². The lowest BCUT2D eigenvalue weighted by Crippen LogP contribution is -2.29. The molecule has 0 atom stereocenters. The van der Waals surface area contributed by atoms with Crippen LogP contribution in [0.2, 0.25) is 10.0 Å². The summed E-state index contributed by atoms with van der Waals surface area (Å²) in [5.41, 5.74) is 5.00. The number of carbonyl (C=O) groups is 2. The van der Waals surface area contributed by atoms with Crippen molar-refractivity contribution in [1.29, 1.82) is 0 Å². The Morgan fingerprint density at radius 3 is 2.03 bits per heavy atom. The van der Waals surface area contributed by atoms with E-state index in [1.165, 1.54) is 4.90 Å². The van der Waals surface area contributed by atoms with Crippen LogP contribution in [0.1, 0.15) is 26.3 Å². The molecule has 0 radical (unpaired) electrons. The highest BCUT2D eigenvalue weighted by atomic mass is 35.5. The van der Waals surface area contributed by atoms with Crippen molar-refractivity contribution in [3.8, 4) is 22.4 Å². The van der Waals surface area contributed by atoms with Crippen molar-refractivity contribution in [3.05, 3.63) is 112 Å². The van der Waals surface area contributed by atoms with Crippen LogP contribution in [0.3, 0.4) is 0 Å². The van der Waals surface area contributed by atoms with Crippen molar-refractivity contribution < 1.29 is 9.59 Å². The van der Waals surface area contributed by atoms with Gasteiger partial charge in [-0.1, -0.05) is 59.6 Å². The van der Waals surface area contributed by atoms with Gasteiger partial charge in [-0.2, -0.15) is 0 Å². The van der Waals surface area contributed by atoms with Gasteiger partial charge >= 0.3 is 0 Å². The number of imide groups is 1. The number of amides is 2. The third kappa shape index (κ3) is 3.68. The number of aromatic nitrogens is 1. The van der Waals surface area contributed by atoms with Crippen molar-refractivity contribution >= 4 is 35.0 Å². The van der Waals surface area contributed by atoms with Crippen molar-refractivity contribution in [2.24, 2.45) is 0 Å². The Balaban J connectivity index is 1.56. The second kappa shape index (κ2) is 8.23. The molecule has 0 bridgehead atoms. The Kier molecular flexibility index (Phi) is 5.25. The standard InChI is InChI=1S/C26H16Cl2N2O2/c27-19-10-8-17(9-11-19)24-23(18-4-3-5-20(28)13-18)12-16(14-29-24)15-30-25(31)21-6-1-2-7-22(21)26(30)32/h1-14H,15H2. The molecular weight excluding hydrogens is 443 g/mol. The van der Waals surface area contributed by atoms with Gasteiger partial charge in [-0.3, -0.25) is 19.5 Å². The maximum absolute atomic E-state index is 12.8. The quantitative estimate of drug-likeness (QED) is 0.327. The molecule has 1 aliphatic rings. The van der Waals surface area contributed by atoms with Gasteiger partial charge in [-0.25, -0.2) is 0 Å². The molecule has 2 amide bonds. The average Bonchev–Trinajstić information content (AvgIpc) is 3.05. The van der Waals surface area contributed by atoms with E-state index in [4.69, 9.17) is 28.2 Å². The minimum atomic E-state index is -0.295. The smallest absolute Gasteiger partial charge is 0.261 e. The Morgan fingerprint density at radius 1 is 0.688 bits per heavy atom. The molecule has 0 saturated carbocycles. The molecule has 6 heteroatoms. The highest BCUT2D eigenvalue weighted by Crippen LogP contribution is 2.34. The zero-order chi connectivity index (χ0) is 22.2. The first-order valence-electron chi connectivity index (χ1n) is 9.97. The molecule has 4 nitrogen and oxygen atoms in total. The Hall–Kier alpha value is -3.47. The minimum Gasteiger partial charge on any atom is -0.270 e. The molecule has 5 rings (SSSR count). The van der Waals surface area contributed by atoms with Gasteiger partial charge in [-0.05, 0) is 53.6 Å². The summed E-state index contributed by atoms with van der Waals surface area (Å²) in [4.78, 5) is 31.5. The molecule has 1 aliphatic heterocycles. The molecule has 0 N–H and O–H groups in total. The van der Waals surface area contributed by atoms with Crippen LogP contribution in [-0.2, 0) is 6.54 Å².